The molecule has 5 rings (SSSR count). The van der Waals surface area contributed by atoms with E-state index in [4.69, 9.17) is 9.15 Å². The molecule has 6 nitrogen and oxygen atoms in total. The van der Waals surface area contributed by atoms with Gasteiger partial charge in [-0.3, -0.25) is 14.5 Å². The van der Waals surface area contributed by atoms with Gasteiger partial charge in [-0.15, -0.1) is 0 Å². The van der Waals surface area contributed by atoms with Crippen molar-refractivity contribution in [3.8, 4) is 5.75 Å². The van der Waals surface area contributed by atoms with Gasteiger partial charge in [-0.25, -0.2) is 9.37 Å². The molecular weight excluding hydrogens is 447 g/mol. The van der Waals surface area contributed by atoms with Crippen molar-refractivity contribution < 1.29 is 18.3 Å². The number of rotatable bonds is 6. The van der Waals surface area contributed by atoms with Crippen LogP contribution in [0.4, 0.5) is 10.2 Å². The van der Waals surface area contributed by atoms with E-state index in [0.717, 1.165) is 18.2 Å². The smallest absolute Gasteiger partial charge is 0.296 e. The van der Waals surface area contributed by atoms with Gasteiger partial charge in [0.15, 0.2) is 5.43 Å². The second-order valence-corrected chi connectivity index (χ2v) is 9.13. The van der Waals surface area contributed by atoms with E-state index in [1.165, 1.54) is 17.0 Å². The quantitative estimate of drug-likeness (QED) is 0.354. The Bertz CT molecular complexity index is 1490. The van der Waals surface area contributed by atoms with Crippen LogP contribution >= 0.6 is 0 Å². The lowest BCUT2D eigenvalue weighted by atomic mass is 9.98. The fraction of sp³-hybridized carbons (Fsp3) is 0.250. The van der Waals surface area contributed by atoms with Crippen molar-refractivity contribution in [2.75, 3.05) is 11.5 Å². The second kappa shape index (κ2) is 8.98. The lowest BCUT2D eigenvalue weighted by Gasteiger charge is -2.25. The van der Waals surface area contributed by atoms with E-state index in [-0.39, 0.29) is 22.3 Å². The largest absolute Gasteiger partial charge is 0.494 e. The Morgan fingerprint density at radius 1 is 1.09 bits per heavy atom. The Balaban J connectivity index is 1.69. The van der Waals surface area contributed by atoms with E-state index < -0.39 is 23.2 Å². The van der Waals surface area contributed by atoms with Crippen LogP contribution in [0.2, 0.25) is 0 Å². The minimum Gasteiger partial charge on any atom is -0.494 e. The maximum absolute atomic E-state index is 14.0. The summed E-state index contributed by atoms with van der Waals surface area (Å²) in [6, 6.07) is 15.6. The van der Waals surface area contributed by atoms with Crippen molar-refractivity contribution in [1.82, 2.24) is 4.98 Å². The summed E-state index contributed by atoms with van der Waals surface area (Å²) in [5.74, 6) is 0.442. The van der Waals surface area contributed by atoms with Crippen molar-refractivity contribution in [1.29, 1.82) is 0 Å². The van der Waals surface area contributed by atoms with Crippen LogP contribution in [0.5, 0.6) is 5.75 Å². The average Bonchev–Trinajstić information content (AvgIpc) is 3.12. The number of benzene rings is 2. The maximum atomic E-state index is 14.0. The van der Waals surface area contributed by atoms with Crippen LogP contribution in [-0.2, 0) is 0 Å². The van der Waals surface area contributed by atoms with Crippen molar-refractivity contribution in [3.63, 3.8) is 0 Å². The molecule has 4 aromatic rings. The number of nitrogens with zero attached hydrogens (tertiary/aromatic N) is 2. The van der Waals surface area contributed by atoms with Gasteiger partial charge < -0.3 is 9.15 Å². The molecule has 0 unspecified atom stereocenters. The Kier molecular flexibility index (Phi) is 5.84. The van der Waals surface area contributed by atoms with Crippen LogP contribution in [0.25, 0.3) is 11.0 Å². The van der Waals surface area contributed by atoms with Crippen LogP contribution in [0, 0.1) is 18.7 Å². The van der Waals surface area contributed by atoms with Gasteiger partial charge in [0.25, 0.3) is 5.91 Å². The van der Waals surface area contributed by atoms with Gasteiger partial charge in [-0.05, 0) is 67.3 Å². The summed E-state index contributed by atoms with van der Waals surface area (Å²) in [4.78, 5) is 33.3. The molecule has 178 valence electrons. The van der Waals surface area contributed by atoms with Crippen molar-refractivity contribution in [3.05, 3.63) is 99.3 Å². The molecule has 0 fully saturated rings. The number of carbonyl (C=O) groups is 1. The molecule has 35 heavy (non-hydrogen) atoms. The number of fused-ring (bicyclic) bond motifs is 2. The summed E-state index contributed by atoms with van der Waals surface area (Å²) in [5, 5.41) is 0.0879. The fourth-order valence-electron chi connectivity index (χ4n) is 4.35. The summed E-state index contributed by atoms with van der Waals surface area (Å²) >= 11 is 0. The van der Waals surface area contributed by atoms with E-state index in [1.54, 1.807) is 12.1 Å². The molecule has 0 aliphatic carbocycles. The van der Waals surface area contributed by atoms with E-state index in [0.29, 0.717) is 29.7 Å². The molecule has 0 radical (unpaired) electrons. The van der Waals surface area contributed by atoms with Gasteiger partial charge in [0, 0.05) is 5.69 Å². The highest BCUT2D eigenvalue weighted by atomic mass is 19.1. The molecule has 3 heterocycles. The van der Waals surface area contributed by atoms with Gasteiger partial charge in [-0.1, -0.05) is 32.0 Å². The number of hydrogen-bond acceptors (Lipinski definition) is 5. The van der Waals surface area contributed by atoms with Gasteiger partial charge in [0.1, 0.15) is 23.0 Å². The van der Waals surface area contributed by atoms with E-state index in [9.17, 15) is 14.0 Å². The van der Waals surface area contributed by atoms with Crippen LogP contribution in [-0.4, -0.2) is 17.5 Å². The van der Waals surface area contributed by atoms with Crippen LogP contribution in [0.1, 0.15) is 53.7 Å². The zero-order valence-electron chi connectivity index (χ0n) is 19.7. The number of carbonyl (C=O) groups excluding carboxylic acids is 1. The van der Waals surface area contributed by atoms with Gasteiger partial charge in [0.05, 0.1) is 23.6 Å². The zero-order chi connectivity index (χ0) is 24.7. The summed E-state index contributed by atoms with van der Waals surface area (Å²) in [7, 11) is 0. The third-order valence-corrected chi connectivity index (χ3v) is 6.09. The highest BCUT2D eigenvalue weighted by Gasteiger charge is 2.44. The lowest BCUT2D eigenvalue weighted by Crippen LogP contribution is -2.30. The Morgan fingerprint density at radius 2 is 1.89 bits per heavy atom. The predicted molar refractivity (Wildman–Crippen MR) is 131 cm³/mol. The fourth-order valence-corrected chi connectivity index (χ4v) is 4.35. The number of hydrogen-bond donors (Lipinski definition) is 0. The molecule has 0 spiro atoms. The molecule has 7 heteroatoms. The molecule has 2 aromatic heterocycles. The number of anilines is 1. The topological polar surface area (TPSA) is 72.6 Å². The lowest BCUT2D eigenvalue weighted by molar-refractivity contribution is 0.0970. The molecule has 0 saturated heterocycles. The van der Waals surface area contributed by atoms with Crippen LogP contribution in [0.3, 0.4) is 0 Å². The Labute approximate surface area is 202 Å². The molecule has 2 aromatic carbocycles. The number of aromatic nitrogens is 1. The minimum atomic E-state index is -0.802. The number of amides is 1. The molecule has 1 aliphatic heterocycles. The standard InChI is InChI=1S/C28H25FN2O4/c1-16(2)12-13-34-20-8-5-7-18(14-20)25-24-26(32)21-15-19(29)10-11-22(21)35-27(24)28(33)31(25)23-9-4-6-17(3)30-23/h4-11,14-16,25H,12-13H2,1-3H3/t25-/m1/s1. The molecule has 1 amide bonds. The first-order valence-corrected chi connectivity index (χ1v) is 11.6. The van der Waals surface area contributed by atoms with E-state index >= 15 is 0 Å². The van der Waals surface area contributed by atoms with Gasteiger partial charge in [0.2, 0.25) is 5.76 Å². The van der Waals surface area contributed by atoms with Gasteiger partial charge in [-0.2, -0.15) is 0 Å². The highest BCUT2D eigenvalue weighted by Crippen LogP contribution is 2.41. The Hall–Kier alpha value is -4.00. The number of halogens is 1. The molecule has 1 atom stereocenters. The van der Waals surface area contributed by atoms with E-state index in [2.05, 4.69) is 18.8 Å². The summed E-state index contributed by atoms with van der Waals surface area (Å²) in [5.41, 5.74) is 1.27. The first-order valence-electron chi connectivity index (χ1n) is 11.6. The third-order valence-electron chi connectivity index (χ3n) is 6.09. The highest BCUT2D eigenvalue weighted by molar-refractivity contribution is 6.10. The SMILES string of the molecule is Cc1cccc(N2C(=O)c3oc4ccc(F)cc4c(=O)c3[C@H]2c2cccc(OCCC(C)C)c2)n1. The van der Waals surface area contributed by atoms with Gasteiger partial charge >= 0.3 is 0 Å². The van der Waals surface area contributed by atoms with Crippen LogP contribution < -0.4 is 15.1 Å². The molecule has 1 aliphatic rings. The second-order valence-electron chi connectivity index (χ2n) is 9.13. The number of ether oxygens (including phenoxy) is 1. The predicted octanol–water partition coefficient (Wildman–Crippen LogP) is 5.81. The summed E-state index contributed by atoms with van der Waals surface area (Å²) in [6.45, 7) is 6.63. The average molecular weight is 473 g/mol. The summed E-state index contributed by atoms with van der Waals surface area (Å²) < 4.78 is 25.8. The van der Waals surface area contributed by atoms with Crippen LogP contribution in [0.15, 0.2) is 69.9 Å². The molecule has 0 bridgehead atoms. The number of aryl methyl sites for hydroxylation is 1. The van der Waals surface area contributed by atoms with Crippen molar-refractivity contribution in [2.24, 2.45) is 5.92 Å². The molecule has 0 saturated carbocycles. The normalized spacial score (nSPS) is 15.2. The molecule has 0 N–H and O–H groups in total. The molecular formula is C28H25FN2O4. The zero-order valence-corrected chi connectivity index (χ0v) is 19.7. The first-order chi connectivity index (χ1) is 16.8. The maximum Gasteiger partial charge on any atom is 0.296 e. The third kappa shape index (κ3) is 4.18. The number of pyridine rings is 1. The monoisotopic (exact) mass is 472 g/mol. The van der Waals surface area contributed by atoms with E-state index in [1.807, 2.05) is 37.3 Å². The minimum absolute atomic E-state index is 0.0615. The Morgan fingerprint density at radius 3 is 2.66 bits per heavy atom. The van der Waals surface area contributed by atoms with Crippen molar-refractivity contribution >= 4 is 22.7 Å². The van der Waals surface area contributed by atoms with Crippen molar-refractivity contribution in [2.45, 2.75) is 33.2 Å². The first kappa shape index (κ1) is 22.8. The summed E-state index contributed by atoms with van der Waals surface area (Å²) in [6.07, 6.45) is 0.898.